The Kier molecular flexibility index (Phi) is 17.1. The van der Waals surface area contributed by atoms with E-state index in [-0.39, 0.29) is 13.2 Å². The predicted molar refractivity (Wildman–Crippen MR) is 185 cm³/mol. The van der Waals surface area contributed by atoms with E-state index in [0.717, 1.165) is 24.8 Å². The molecule has 0 radical (unpaired) electrons. The fourth-order valence-electron chi connectivity index (χ4n) is 6.12. The largest absolute Gasteiger partial charge is 0.454 e. The van der Waals surface area contributed by atoms with Gasteiger partial charge in [0.05, 0.1) is 18.8 Å². The number of aliphatic hydroxyl groups is 2. The monoisotopic (exact) mass is 679 g/mol. The Labute approximate surface area is 290 Å². The van der Waals surface area contributed by atoms with E-state index in [0.29, 0.717) is 5.56 Å². The molecule has 0 amide bonds. The van der Waals surface area contributed by atoms with Gasteiger partial charge in [0, 0.05) is 10.5 Å². The van der Waals surface area contributed by atoms with E-state index in [1.807, 2.05) is 36.4 Å². The summed E-state index contributed by atoms with van der Waals surface area (Å²) in [6.45, 7) is 2.09. The van der Waals surface area contributed by atoms with Crippen molar-refractivity contribution < 1.29 is 38.7 Å². The van der Waals surface area contributed by atoms with E-state index < -0.39 is 55.1 Å². The molecule has 0 saturated carbocycles. The number of carbonyl (C=O) groups is 1. The topological polar surface area (TPSA) is 152 Å². The van der Waals surface area contributed by atoms with Crippen LogP contribution in [-0.2, 0) is 23.7 Å². The van der Waals surface area contributed by atoms with Crippen LogP contribution in [0.1, 0.15) is 106 Å². The van der Waals surface area contributed by atoms with Crippen LogP contribution in [0.15, 0.2) is 77.9 Å². The molecule has 1 unspecified atom stereocenters. The molecule has 2 heterocycles. The number of azide groups is 1. The van der Waals surface area contributed by atoms with Crippen LogP contribution < -0.4 is 0 Å². The highest BCUT2D eigenvalue weighted by atomic mass is 16.8. The molecule has 0 bridgehead atoms. The van der Waals surface area contributed by atoms with Crippen molar-refractivity contribution in [1.29, 1.82) is 0 Å². The Morgan fingerprint density at radius 2 is 1.55 bits per heavy atom. The van der Waals surface area contributed by atoms with Gasteiger partial charge in [0.15, 0.2) is 12.6 Å². The SMILES string of the molecule is CCCCCCCCCCCCCC=C[C@@H](OC(=O)c1ccccc1)[C@H](CO[C@H]1O[C@@H]2COC(c3ccccc3)O[C@@H]2[C@H](O)[C@H]1O)N=[N+]=[N-]. The molecule has 2 N–H and O–H groups in total. The molecule has 2 aliphatic heterocycles. The van der Waals surface area contributed by atoms with E-state index in [9.17, 15) is 20.5 Å². The van der Waals surface area contributed by atoms with Crippen LogP contribution in [0.5, 0.6) is 0 Å². The van der Waals surface area contributed by atoms with Gasteiger partial charge in [-0.2, -0.15) is 0 Å². The fourth-order valence-corrected chi connectivity index (χ4v) is 6.12. The van der Waals surface area contributed by atoms with Gasteiger partial charge in [0.2, 0.25) is 0 Å². The van der Waals surface area contributed by atoms with Crippen molar-refractivity contribution in [1.82, 2.24) is 0 Å². The number of esters is 1. The van der Waals surface area contributed by atoms with Gasteiger partial charge < -0.3 is 33.9 Å². The lowest BCUT2D eigenvalue weighted by atomic mass is 9.98. The van der Waals surface area contributed by atoms with E-state index >= 15 is 0 Å². The molecule has 0 spiro atoms. The zero-order valence-corrected chi connectivity index (χ0v) is 28.6. The van der Waals surface area contributed by atoms with Gasteiger partial charge >= 0.3 is 5.97 Å². The highest BCUT2D eigenvalue weighted by molar-refractivity contribution is 5.89. The Morgan fingerprint density at radius 3 is 2.20 bits per heavy atom. The summed E-state index contributed by atoms with van der Waals surface area (Å²) in [6, 6.07) is 16.9. The van der Waals surface area contributed by atoms with Crippen molar-refractivity contribution in [3.63, 3.8) is 0 Å². The highest BCUT2D eigenvalue weighted by Crippen LogP contribution is 2.34. The number of fused-ring (bicyclic) bond motifs is 1. The number of aliphatic hydroxyl groups excluding tert-OH is 2. The summed E-state index contributed by atoms with van der Waals surface area (Å²) in [7, 11) is 0. The summed E-state index contributed by atoms with van der Waals surface area (Å²) in [4.78, 5) is 16.0. The Balaban J connectivity index is 1.30. The second-order valence-corrected chi connectivity index (χ2v) is 12.8. The zero-order chi connectivity index (χ0) is 34.7. The normalized spacial score (nSPS) is 24.9. The van der Waals surface area contributed by atoms with Crippen molar-refractivity contribution >= 4 is 5.97 Å². The molecule has 11 nitrogen and oxygen atoms in total. The van der Waals surface area contributed by atoms with Crippen molar-refractivity contribution in [2.75, 3.05) is 13.2 Å². The molecule has 2 aliphatic rings. The van der Waals surface area contributed by atoms with Crippen LogP contribution in [0, 0.1) is 0 Å². The van der Waals surface area contributed by atoms with Crippen LogP contribution in [0.4, 0.5) is 0 Å². The van der Waals surface area contributed by atoms with Crippen LogP contribution in [0.3, 0.4) is 0 Å². The van der Waals surface area contributed by atoms with Crippen LogP contribution in [-0.4, -0.2) is 72.2 Å². The van der Waals surface area contributed by atoms with Gasteiger partial charge in [-0.15, -0.1) is 0 Å². The maximum atomic E-state index is 13.0. The minimum absolute atomic E-state index is 0.104. The van der Waals surface area contributed by atoms with E-state index in [2.05, 4.69) is 16.9 Å². The predicted octanol–water partition coefficient (Wildman–Crippen LogP) is 7.73. The first kappa shape index (κ1) is 38.5. The Morgan fingerprint density at radius 1 is 0.918 bits per heavy atom. The van der Waals surface area contributed by atoms with Crippen LogP contribution in [0.25, 0.3) is 10.4 Å². The number of ether oxygens (including phenoxy) is 5. The van der Waals surface area contributed by atoms with Crippen LogP contribution in [0.2, 0.25) is 0 Å². The summed E-state index contributed by atoms with van der Waals surface area (Å²) in [6.07, 6.45) is 10.9. The Bertz CT molecular complexity index is 1290. The van der Waals surface area contributed by atoms with Gasteiger partial charge in [0.1, 0.15) is 36.6 Å². The average Bonchev–Trinajstić information content (AvgIpc) is 3.14. The van der Waals surface area contributed by atoms with E-state index in [4.69, 9.17) is 23.7 Å². The molecule has 0 aliphatic carbocycles. The minimum Gasteiger partial charge on any atom is -0.454 e. The summed E-state index contributed by atoms with van der Waals surface area (Å²) < 4.78 is 29.5. The first-order chi connectivity index (χ1) is 24.0. The molecule has 0 aromatic heterocycles. The van der Waals surface area contributed by atoms with E-state index in [1.54, 1.807) is 36.4 Å². The third-order valence-electron chi connectivity index (χ3n) is 8.97. The van der Waals surface area contributed by atoms with Crippen molar-refractivity contribution in [2.45, 2.75) is 133 Å². The first-order valence-corrected chi connectivity index (χ1v) is 17.9. The van der Waals surface area contributed by atoms with Gasteiger partial charge in [0.25, 0.3) is 0 Å². The third kappa shape index (κ3) is 12.5. The lowest BCUT2D eigenvalue weighted by Gasteiger charge is -2.46. The number of hydrogen-bond donors (Lipinski definition) is 2. The summed E-state index contributed by atoms with van der Waals surface area (Å²) in [5.41, 5.74) is 10.6. The Hall–Kier alpha value is -3.28. The molecular formula is C38H53N3O8. The maximum Gasteiger partial charge on any atom is 0.338 e. The summed E-state index contributed by atoms with van der Waals surface area (Å²) in [5, 5.41) is 25.8. The third-order valence-corrected chi connectivity index (χ3v) is 8.97. The number of hydrogen-bond acceptors (Lipinski definition) is 9. The fraction of sp³-hybridized carbons (Fsp3) is 0.605. The van der Waals surface area contributed by atoms with Gasteiger partial charge in [-0.05, 0) is 36.6 Å². The maximum absolute atomic E-state index is 13.0. The molecule has 2 aromatic carbocycles. The lowest BCUT2D eigenvalue weighted by molar-refractivity contribution is -0.361. The van der Waals surface area contributed by atoms with Crippen molar-refractivity contribution in [3.05, 3.63) is 94.4 Å². The molecular weight excluding hydrogens is 626 g/mol. The number of allylic oxidation sites excluding steroid dienone is 1. The molecule has 2 fully saturated rings. The van der Waals surface area contributed by atoms with Gasteiger partial charge in [-0.25, -0.2) is 4.79 Å². The van der Waals surface area contributed by atoms with Crippen LogP contribution >= 0.6 is 0 Å². The zero-order valence-electron chi connectivity index (χ0n) is 28.6. The molecule has 11 heteroatoms. The number of unbranched alkanes of at least 4 members (excludes halogenated alkanes) is 11. The molecule has 4 rings (SSSR count). The number of carbonyl (C=O) groups excluding carboxylic acids is 1. The number of nitrogens with zero attached hydrogens (tertiary/aromatic N) is 3. The van der Waals surface area contributed by atoms with Crippen molar-refractivity contribution in [2.24, 2.45) is 5.11 Å². The molecule has 49 heavy (non-hydrogen) atoms. The summed E-state index contributed by atoms with van der Waals surface area (Å²) in [5.74, 6) is -0.570. The molecule has 268 valence electrons. The summed E-state index contributed by atoms with van der Waals surface area (Å²) >= 11 is 0. The average molecular weight is 680 g/mol. The number of benzene rings is 2. The number of rotatable bonds is 21. The van der Waals surface area contributed by atoms with Gasteiger partial charge in [-0.1, -0.05) is 131 Å². The highest BCUT2D eigenvalue weighted by Gasteiger charge is 2.49. The smallest absolute Gasteiger partial charge is 0.338 e. The minimum atomic E-state index is -1.45. The van der Waals surface area contributed by atoms with Crippen molar-refractivity contribution in [3.8, 4) is 0 Å². The second kappa shape index (κ2) is 21.7. The lowest BCUT2D eigenvalue weighted by Crippen LogP contribution is -2.62. The van der Waals surface area contributed by atoms with E-state index in [1.165, 1.54) is 57.8 Å². The first-order valence-electron chi connectivity index (χ1n) is 17.9. The molecule has 8 atom stereocenters. The standard InChI is InChI=1S/C38H53N3O8/c1-2-3-4-5-6-7-8-9-10-11-12-13-20-25-31(47-36(44)28-21-16-14-17-22-28)30(40-41-39)26-45-38-34(43)33(42)35-32(48-38)27-46-37(49-35)29-23-18-15-19-24-29/h14-25,30-35,37-38,42-43H,2-13,26-27H2,1H3/t30-,31+,32+,33+,34+,35-,37?,38-/m0/s1. The molecule has 2 aromatic rings. The van der Waals surface area contributed by atoms with Gasteiger partial charge in [-0.3, -0.25) is 0 Å². The quantitative estimate of drug-likeness (QED) is 0.0340. The molecule has 2 saturated heterocycles. The second-order valence-electron chi connectivity index (χ2n) is 12.8.